The van der Waals surface area contributed by atoms with E-state index < -0.39 is 5.97 Å². The van der Waals surface area contributed by atoms with Crippen molar-refractivity contribution in [3.05, 3.63) is 51.8 Å². The average molecular weight is 342 g/mol. The number of methoxy groups -OCH3 is 1. The van der Waals surface area contributed by atoms with Gasteiger partial charge in [-0.3, -0.25) is 4.99 Å². The maximum Gasteiger partial charge on any atom is 0.350 e. The van der Waals surface area contributed by atoms with E-state index >= 15 is 0 Å². The van der Waals surface area contributed by atoms with Crippen molar-refractivity contribution < 1.29 is 19.1 Å². The summed E-state index contributed by atoms with van der Waals surface area (Å²) in [6.07, 6.45) is 1.37. The Morgan fingerprint density at radius 2 is 2.12 bits per heavy atom. The van der Waals surface area contributed by atoms with Gasteiger partial charge in [0.2, 0.25) is 5.89 Å². The fourth-order valence-electron chi connectivity index (χ4n) is 2.07. The molecular weight excluding hydrogens is 328 g/mol. The van der Waals surface area contributed by atoms with E-state index in [0.717, 1.165) is 11.1 Å². The average Bonchev–Trinajstić information content (AvgIpc) is 3.16. The van der Waals surface area contributed by atoms with Crippen LogP contribution in [0, 0.1) is 6.92 Å². The maximum atomic E-state index is 11.7. The number of benzene rings is 1. The highest BCUT2D eigenvalue weighted by molar-refractivity contribution is 7.12. The second kappa shape index (κ2) is 6.67. The molecule has 2 heterocycles. The molecule has 0 radical (unpaired) electrons. The number of aromatic nitrogens is 1. The topological polar surface area (TPSA) is 84.9 Å². The van der Waals surface area contributed by atoms with E-state index in [1.54, 1.807) is 0 Å². The maximum absolute atomic E-state index is 11.7. The predicted octanol–water partition coefficient (Wildman–Crippen LogP) is 3.95. The van der Waals surface area contributed by atoms with E-state index in [0.29, 0.717) is 16.5 Å². The second-order valence-electron chi connectivity index (χ2n) is 4.92. The van der Waals surface area contributed by atoms with E-state index in [4.69, 9.17) is 9.15 Å². The van der Waals surface area contributed by atoms with Crippen LogP contribution in [-0.2, 0) is 4.74 Å². The van der Waals surface area contributed by atoms with Crippen LogP contribution in [0.4, 0.5) is 5.69 Å². The molecule has 7 heteroatoms. The van der Waals surface area contributed by atoms with E-state index in [1.807, 2.05) is 42.6 Å². The minimum Gasteiger partial charge on any atom is -0.479 e. The number of rotatable bonds is 4. The number of aliphatic imine (C=N–C) groups is 1. The molecule has 24 heavy (non-hydrogen) atoms. The van der Waals surface area contributed by atoms with Crippen molar-refractivity contribution in [3.8, 4) is 17.4 Å². The van der Waals surface area contributed by atoms with Crippen molar-refractivity contribution in [2.75, 3.05) is 7.11 Å². The molecule has 1 aromatic carbocycles. The van der Waals surface area contributed by atoms with Crippen LogP contribution in [0.2, 0.25) is 0 Å². The summed E-state index contributed by atoms with van der Waals surface area (Å²) in [5, 5.41) is 11.7. The summed E-state index contributed by atoms with van der Waals surface area (Å²) in [6, 6.07) is 9.22. The number of carbonyl (C=O) groups excluding carboxylic acids is 1. The van der Waals surface area contributed by atoms with Gasteiger partial charge in [-0.15, -0.1) is 11.3 Å². The van der Waals surface area contributed by atoms with E-state index in [2.05, 4.69) is 9.98 Å². The Bertz CT molecular complexity index is 897. The van der Waals surface area contributed by atoms with Crippen LogP contribution in [-0.4, -0.2) is 29.4 Å². The zero-order valence-electron chi connectivity index (χ0n) is 13.0. The van der Waals surface area contributed by atoms with Crippen molar-refractivity contribution >= 4 is 29.2 Å². The number of hydrogen-bond acceptors (Lipinski definition) is 7. The Labute approximate surface area is 142 Å². The molecule has 0 unspecified atom stereocenters. The summed E-state index contributed by atoms with van der Waals surface area (Å²) in [5.41, 5.74) is 2.27. The predicted molar refractivity (Wildman–Crippen MR) is 91.3 cm³/mol. The first kappa shape index (κ1) is 15.9. The fourth-order valence-corrected chi connectivity index (χ4v) is 2.98. The highest BCUT2D eigenvalue weighted by atomic mass is 32.1. The number of esters is 1. The lowest BCUT2D eigenvalue weighted by Crippen LogP contribution is -1.98. The molecule has 0 aliphatic carbocycles. The van der Waals surface area contributed by atoms with Crippen LogP contribution >= 0.6 is 11.3 Å². The van der Waals surface area contributed by atoms with Crippen molar-refractivity contribution in [1.29, 1.82) is 0 Å². The number of oxazole rings is 1. The van der Waals surface area contributed by atoms with Crippen molar-refractivity contribution in [3.63, 3.8) is 0 Å². The lowest BCUT2D eigenvalue weighted by molar-refractivity contribution is 0.0607. The Hall–Kier alpha value is -2.93. The van der Waals surface area contributed by atoms with Gasteiger partial charge in [-0.1, -0.05) is 18.2 Å². The van der Waals surface area contributed by atoms with Gasteiger partial charge >= 0.3 is 11.9 Å². The quantitative estimate of drug-likeness (QED) is 0.573. The number of aryl methyl sites for hydroxylation is 1. The molecule has 3 rings (SSSR count). The first-order valence-electron chi connectivity index (χ1n) is 7.06. The van der Waals surface area contributed by atoms with E-state index in [1.165, 1.54) is 24.7 Å². The van der Waals surface area contributed by atoms with E-state index in [9.17, 15) is 9.90 Å². The van der Waals surface area contributed by atoms with Gasteiger partial charge in [0, 0.05) is 5.56 Å². The molecule has 0 atom stereocenters. The Kier molecular flexibility index (Phi) is 4.43. The molecule has 0 fully saturated rings. The lowest BCUT2D eigenvalue weighted by Gasteiger charge is -1.97. The molecule has 2 aromatic heterocycles. The zero-order valence-corrected chi connectivity index (χ0v) is 13.8. The third kappa shape index (κ3) is 3.07. The summed E-state index contributed by atoms with van der Waals surface area (Å²) in [5.74, 6) is -0.482. The molecule has 3 aromatic rings. The summed E-state index contributed by atoms with van der Waals surface area (Å²) in [7, 11) is 1.32. The largest absolute Gasteiger partial charge is 0.479 e. The highest BCUT2D eigenvalue weighted by Crippen LogP contribution is 2.32. The van der Waals surface area contributed by atoms with Crippen LogP contribution in [0.3, 0.4) is 0 Å². The van der Waals surface area contributed by atoms with Crippen LogP contribution < -0.4 is 0 Å². The Balaban J connectivity index is 1.93. The lowest BCUT2D eigenvalue weighted by atomic mass is 10.2. The van der Waals surface area contributed by atoms with Crippen LogP contribution in [0.15, 0.2) is 45.1 Å². The summed E-state index contributed by atoms with van der Waals surface area (Å²) < 4.78 is 10.0. The van der Waals surface area contributed by atoms with Crippen LogP contribution in [0.1, 0.15) is 20.9 Å². The van der Waals surface area contributed by atoms with Gasteiger partial charge < -0.3 is 14.3 Å². The zero-order chi connectivity index (χ0) is 17.1. The molecule has 1 N–H and O–H groups in total. The number of aromatic hydroxyl groups is 1. The smallest absolute Gasteiger partial charge is 0.350 e. The van der Waals surface area contributed by atoms with Gasteiger partial charge in [0.25, 0.3) is 0 Å². The van der Waals surface area contributed by atoms with Crippen molar-refractivity contribution in [2.45, 2.75) is 6.92 Å². The minimum atomic E-state index is -0.449. The first-order valence-corrected chi connectivity index (χ1v) is 7.93. The van der Waals surface area contributed by atoms with Gasteiger partial charge in [-0.05, 0) is 30.0 Å². The van der Waals surface area contributed by atoms with Gasteiger partial charge in [0.1, 0.15) is 4.88 Å². The van der Waals surface area contributed by atoms with Crippen molar-refractivity contribution in [1.82, 2.24) is 4.98 Å². The molecule has 0 spiro atoms. The number of nitrogens with zero attached hydrogens (tertiary/aromatic N) is 2. The van der Waals surface area contributed by atoms with Crippen LogP contribution in [0.25, 0.3) is 11.5 Å². The van der Waals surface area contributed by atoms with Gasteiger partial charge in [0.05, 0.1) is 19.0 Å². The molecular formula is C17H14N2O4S. The highest BCUT2D eigenvalue weighted by Gasteiger charge is 2.17. The Morgan fingerprint density at radius 1 is 1.38 bits per heavy atom. The minimum absolute atomic E-state index is 0.190. The monoisotopic (exact) mass is 342 g/mol. The molecule has 0 saturated heterocycles. The second-order valence-corrected chi connectivity index (χ2v) is 5.80. The van der Waals surface area contributed by atoms with Gasteiger partial charge in [-0.2, -0.15) is 0 Å². The third-order valence-electron chi connectivity index (χ3n) is 3.28. The third-order valence-corrected chi connectivity index (χ3v) is 4.35. The Morgan fingerprint density at radius 3 is 2.83 bits per heavy atom. The number of ether oxygens (including phenoxy) is 1. The number of carbonyl (C=O) groups is 1. The van der Waals surface area contributed by atoms with Gasteiger partial charge in [-0.25, -0.2) is 9.78 Å². The molecule has 0 amide bonds. The summed E-state index contributed by atoms with van der Waals surface area (Å²) >= 11 is 1.26. The van der Waals surface area contributed by atoms with Crippen LogP contribution in [0.5, 0.6) is 5.95 Å². The molecule has 122 valence electrons. The SMILES string of the molecule is COC(=O)c1scc(C)c1N=Cc1nc(-c2ccccc2)oc1O. The van der Waals surface area contributed by atoms with Crippen molar-refractivity contribution in [2.24, 2.45) is 4.99 Å². The normalized spacial score (nSPS) is 11.1. The molecule has 0 bridgehead atoms. The first-order chi connectivity index (χ1) is 11.6. The molecule has 0 aliphatic heterocycles. The number of thiophene rings is 1. The standard InChI is InChI=1S/C17H14N2O4S/c1-10-9-24-14(17(21)22-2)13(10)18-8-12-16(20)23-15(19-12)11-6-4-3-5-7-11/h3-9,20H,1-2H3. The number of hydrogen-bond donors (Lipinski definition) is 1. The fraction of sp³-hybridized carbons (Fsp3) is 0.118. The molecule has 0 aliphatic rings. The summed E-state index contributed by atoms with van der Waals surface area (Å²) in [6.45, 7) is 1.84. The molecule has 0 saturated carbocycles. The van der Waals surface area contributed by atoms with E-state index in [-0.39, 0.29) is 11.6 Å². The van der Waals surface area contributed by atoms with Gasteiger partial charge in [0.15, 0.2) is 5.69 Å². The molecule has 6 nitrogen and oxygen atoms in total. The summed E-state index contributed by atoms with van der Waals surface area (Å²) in [4.78, 5) is 20.6.